The number of hydrogen-bond acceptors (Lipinski definition) is 2. The highest BCUT2D eigenvalue weighted by Gasteiger charge is 2.18. The Morgan fingerprint density at radius 2 is 2.12 bits per heavy atom. The van der Waals surface area contributed by atoms with Crippen LogP contribution in [-0.2, 0) is 6.42 Å². The van der Waals surface area contributed by atoms with Crippen LogP contribution in [0.3, 0.4) is 0 Å². The lowest BCUT2D eigenvalue weighted by Crippen LogP contribution is -2.48. The zero-order valence-electron chi connectivity index (χ0n) is 10.1. The van der Waals surface area contributed by atoms with Gasteiger partial charge in [0.2, 0.25) is 0 Å². The highest BCUT2D eigenvalue weighted by Crippen LogP contribution is 2.14. The van der Waals surface area contributed by atoms with Gasteiger partial charge < -0.3 is 10.4 Å². The SMILES string of the molecule is CC(Cc1cccc(Br)c1)NC(C)(C)CO. The Bertz CT molecular complexity index is 338. The molecular weight excluding hydrogens is 266 g/mol. The molecule has 2 nitrogen and oxygen atoms in total. The molecule has 0 saturated carbocycles. The smallest absolute Gasteiger partial charge is 0.0607 e. The average molecular weight is 286 g/mol. The van der Waals surface area contributed by atoms with Crippen molar-refractivity contribution in [3.8, 4) is 0 Å². The topological polar surface area (TPSA) is 32.3 Å². The number of nitrogens with one attached hydrogen (secondary N) is 1. The van der Waals surface area contributed by atoms with Gasteiger partial charge in [-0.05, 0) is 44.9 Å². The van der Waals surface area contributed by atoms with Crippen LogP contribution in [0.2, 0.25) is 0 Å². The lowest BCUT2D eigenvalue weighted by atomic mass is 10.0. The monoisotopic (exact) mass is 285 g/mol. The van der Waals surface area contributed by atoms with Crippen LogP contribution in [-0.4, -0.2) is 23.3 Å². The minimum Gasteiger partial charge on any atom is -0.394 e. The molecule has 2 N–H and O–H groups in total. The van der Waals surface area contributed by atoms with Crippen molar-refractivity contribution in [1.82, 2.24) is 5.32 Å². The lowest BCUT2D eigenvalue weighted by molar-refractivity contribution is 0.177. The third-order valence-electron chi connectivity index (χ3n) is 2.46. The van der Waals surface area contributed by atoms with E-state index in [-0.39, 0.29) is 12.1 Å². The van der Waals surface area contributed by atoms with Crippen LogP contribution >= 0.6 is 15.9 Å². The molecule has 0 spiro atoms. The maximum Gasteiger partial charge on any atom is 0.0607 e. The Balaban J connectivity index is 2.55. The van der Waals surface area contributed by atoms with Crippen molar-refractivity contribution >= 4 is 15.9 Å². The molecule has 0 aliphatic rings. The van der Waals surface area contributed by atoms with Gasteiger partial charge in [-0.25, -0.2) is 0 Å². The highest BCUT2D eigenvalue weighted by molar-refractivity contribution is 9.10. The molecule has 0 aliphatic heterocycles. The normalized spacial score (nSPS) is 13.8. The number of benzene rings is 1. The van der Waals surface area contributed by atoms with E-state index in [0.29, 0.717) is 6.04 Å². The van der Waals surface area contributed by atoms with E-state index in [1.807, 2.05) is 26.0 Å². The molecule has 0 fully saturated rings. The van der Waals surface area contributed by atoms with Crippen molar-refractivity contribution in [2.75, 3.05) is 6.61 Å². The Kier molecular flexibility index (Phi) is 4.96. The first kappa shape index (κ1) is 13.7. The fourth-order valence-electron chi connectivity index (χ4n) is 1.78. The quantitative estimate of drug-likeness (QED) is 0.872. The minimum absolute atomic E-state index is 0.149. The molecular formula is C13H20BrNO. The molecule has 90 valence electrons. The van der Waals surface area contributed by atoms with E-state index in [4.69, 9.17) is 0 Å². The summed E-state index contributed by atoms with van der Waals surface area (Å²) in [5.74, 6) is 0. The molecule has 1 atom stereocenters. The van der Waals surface area contributed by atoms with Gasteiger partial charge in [-0.15, -0.1) is 0 Å². The van der Waals surface area contributed by atoms with Crippen molar-refractivity contribution < 1.29 is 5.11 Å². The number of hydrogen-bond donors (Lipinski definition) is 2. The van der Waals surface area contributed by atoms with Crippen LogP contribution in [0.4, 0.5) is 0 Å². The van der Waals surface area contributed by atoms with Crippen LogP contribution in [0.5, 0.6) is 0 Å². The number of halogens is 1. The Labute approximate surface area is 106 Å². The fraction of sp³-hybridized carbons (Fsp3) is 0.538. The standard InChI is InChI=1S/C13H20BrNO/c1-10(15-13(2,3)9-16)7-11-5-4-6-12(14)8-11/h4-6,8,10,15-16H,7,9H2,1-3H3. The van der Waals surface area contributed by atoms with E-state index in [2.05, 4.69) is 40.3 Å². The van der Waals surface area contributed by atoms with Gasteiger partial charge in [0.25, 0.3) is 0 Å². The third-order valence-corrected chi connectivity index (χ3v) is 2.96. The Morgan fingerprint density at radius 1 is 1.44 bits per heavy atom. The lowest BCUT2D eigenvalue weighted by Gasteiger charge is -2.28. The molecule has 16 heavy (non-hydrogen) atoms. The van der Waals surface area contributed by atoms with Crippen molar-refractivity contribution in [3.63, 3.8) is 0 Å². The largest absolute Gasteiger partial charge is 0.394 e. The highest BCUT2D eigenvalue weighted by atomic mass is 79.9. The molecule has 1 rings (SSSR count). The zero-order chi connectivity index (χ0) is 12.2. The summed E-state index contributed by atoms with van der Waals surface area (Å²) in [6, 6.07) is 8.66. The van der Waals surface area contributed by atoms with Crippen molar-refractivity contribution in [3.05, 3.63) is 34.3 Å². The summed E-state index contributed by atoms with van der Waals surface area (Å²) >= 11 is 3.47. The molecule has 0 radical (unpaired) electrons. The van der Waals surface area contributed by atoms with Gasteiger partial charge in [-0.2, -0.15) is 0 Å². The van der Waals surface area contributed by atoms with Crippen LogP contribution in [0.1, 0.15) is 26.3 Å². The van der Waals surface area contributed by atoms with Gasteiger partial charge in [0, 0.05) is 16.1 Å². The van der Waals surface area contributed by atoms with E-state index in [1.54, 1.807) is 0 Å². The molecule has 0 saturated heterocycles. The molecule has 3 heteroatoms. The molecule has 0 heterocycles. The van der Waals surface area contributed by atoms with E-state index in [0.717, 1.165) is 10.9 Å². The second-order valence-corrected chi connectivity index (χ2v) is 5.84. The number of aliphatic hydroxyl groups is 1. The van der Waals surface area contributed by atoms with E-state index < -0.39 is 0 Å². The van der Waals surface area contributed by atoms with Crippen LogP contribution < -0.4 is 5.32 Å². The summed E-state index contributed by atoms with van der Waals surface area (Å²) in [7, 11) is 0. The molecule has 0 bridgehead atoms. The summed E-state index contributed by atoms with van der Waals surface area (Å²) < 4.78 is 1.11. The average Bonchev–Trinajstić information content (AvgIpc) is 2.16. The predicted molar refractivity (Wildman–Crippen MR) is 71.6 cm³/mol. The van der Waals surface area contributed by atoms with Gasteiger partial charge in [0.1, 0.15) is 0 Å². The van der Waals surface area contributed by atoms with Gasteiger partial charge in [-0.3, -0.25) is 0 Å². The van der Waals surface area contributed by atoms with Gasteiger partial charge in [0.05, 0.1) is 6.61 Å². The summed E-state index contributed by atoms with van der Waals surface area (Å²) in [4.78, 5) is 0. The third kappa shape index (κ3) is 4.64. The first-order valence-electron chi connectivity index (χ1n) is 5.56. The van der Waals surface area contributed by atoms with E-state index in [9.17, 15) is 5.11 Å². The minimum atomic E-state index is -0.217. The van der Waals surface area contributed by atoms with Gasteiger partial charge in [-0.1, -0.05) is 28.1 Å². The summed E-state index contributed by atoms with van der Waals surface area (Å²) in [5.41, 5.74) is 1.08. The first-order valence-corrected chi connectivity index (χ1v) is 6.35. The summed E-state index contributed by atoms with van der Waals surface area (Å²) in [6.45, 7) is 6.29. The second kappa shape index (κ2) is 5.80. The van der Waals surface area contributed by atoms with Crippen molar-refractivity contribution in [2.45, 2.75) is 38.8 Å². The van der Waals surface area contributed by atoms with Crippen LogP contribution in [0, 0.1) is 0 Å². The molecule has 0 amide bonds. The molecule has 0 aromatic heterocycles. The number of rotatable bonds is 5. The number of aliphatic hydroxyl groups excluding tert-OH is 1. The first-order chi connectivity index (χ1) is 7.43. The predicted octanol–water partition coefficient (Wildman–Crippen LogP) is 2.74. The summed E-state index contributed by atoms with van der Waals surface area (Å²) in [6.07, 6.45) is 0.961. The fourth-order valence-corrected chi connectivity index (χ4v) is 2.23. The maximum absolute atomic E-state index is 9.18. The summed E-state index contributed by atoms with van der Waals surface area (Å²) in [5, 5.41) is 12.6. The molecule has 1 unspecified atom stereocenters. The molecule has 1 aromatic rings. The Morgan fingerprint density at radius 3 is 2.69 bits per heavy atom. The van der Waals surface area contributed by atoms with Crippen LogP contribution in [0.15, 0.2) is 28.7 Å². The maximum atomic E-state index is 9.18. The van der Waals surface area contributed by atoms with Gasteiger partial charge >= 0.3 is 0 Å². The van der Waals surface area contributed by atoms with Crippen LogP contribution in [0.25, 0.3) is 0 Å². The molecule has 1 aromatic carbocycles. The van der Waals surface area contributed by atoms with E-state index >= 15 is 0 Å². The Hall–Kier alpha value is -0.380. The van der Waals surface area contributed by atoms with Gasteiger partial charge in [0.15, 0.2) is 0 Å². The second-order valence-electron chi connectivity index (χ2n) is 4.92. The van der Waals surface area contributed by atoms with Crippen molar-refractivity contribution in [1.29, 1.82) is 0 Å². The van der Waals surface area contributed by atoms with Crippen molar-refractivity contribution in [2.24, 2.45) is 0 Å². The van der Waals surface area contributed by atoms with E-state index in [1.165, 1.54) is 5.56 Å². The molecule has 0 aliphatic carbocycles. The zero-order valence-corrected chi connectivity index (χ0v) is 11.7.